The molecule has 0 radical (unpaired) electrons. The second-order valence-electron chi connectivity index (χ2n) is 3.94. The van der Waals surface area contributed by atoms with Crippen LogP contribution < -0.4 is 4.72 Å². The average molecular weight is 272 g/mol. The molecule has 18 heavy (non-hydrogen) atoms. The van der Waals surface area contributed by atoms with E-state index in [2.05, 4.69) is 9.71 Å². The first-order valence-corrected chi connectivity index (χ1v) is 7.17. The molecule has 1 unspecified atom stereocenters. The van der Waals surface area contributed by atoms with E-state index in [0.717, 1.165) is 5.56 Å². The highest BCUT2D eigenvalue weighted by atomic mass is 32.2. The van der Waals surface area contributed by atoms with Crippen molar-refractivity contribution in [2.24, 2.45) is 0 Å². The van der Waals surface area contributed by atoms with Crippen LogP contribution in [0.1, 0.15) is 31.4 Å². The summed E-state index contributed by atoms with van der Waals surface area (Å²) in [6, 6.07) is 3.12. The van der Waals surface area contributed by atoms with Crippen LogP contribution in [-0.4, -0.2) is 30.2 Å². The number of hydrogen-bond acceptors (Lipinski definition) is 4. The van der Waals surface area contributed by atoms with Gasteiger partial charge in [-0.1, -0.05) is 6.07 Å². The van der Waals surface area contributed by atoms with E-state index in [1.54, 1.807) is 31.5 Å². The Morgan fingerprint density at radius 1 is 1.56 bits per heavy atom. The van der Waals surface area contributed by atoms with Crippen LogP contribution in [0.15, 0.2) is 24.5 Å². The van der Waals surface area contributed by atoms with Gasteiger partial charge in [-0.15, -0.1) is 0 Å². The van der Waals surface area contributed by atoms with E-state index in [0.29, 0.717) is 0 Å². The third kappa shape index (κ3) is 5.24. The van der Waals surface area contributed by atoms with Crippen molar-refractivity contribution in [2.75, 3.05) is 5.75 Å². The van der Waals surface area contributed by atoms with Crippen molar-refractivity contribution in [1.29, 1.82) is 0 Å². The predicted molar refractivity (Wildman–Crippen MR) is 66.4 cm³/mol. The minimum absolute atomic E-state index is 0.102. The number of sulfonamides is 1. The quantitative estimate of drug-likeness (QED) is 0.769. The molecule has 0 saturated heterocycles. The topological polar surface area (TPSA) is 96.4 Å². The molecular formula is C11H16N2O4S. The zero-order valence-corrected chi connectivity index (χ0v) is 10.9. The fraction of sp³-hybridized carbons (Fsp3) is 0.455. The summed E-state index contributed by atoms with van der Waals surface area (Å²) in [5, 5.41) is 8.45. The van der Waals surface area contributed by atoms with E-state index < -0.39 is 16.0 Å². The lowest BCUT2D eigenvalue weighted by Crippen LogP contribution is -2.29. The predicted octanol–water partition coefficient (Wildman–Crippen LogP) is 0.927. The average Bonchev–Trinajstić information content (AvgIpc) is 2.28. The second-order valence-corrected chi connectivity index (χ2v) is 5.82. The van der Waals surface area contributed by atoms with Crippen molar-refractivity contribution >= 4 is 16.0 Å². The normalized spacial score (nSPS) is 13.2. The molecule has 1 rings (SSSR count). The van der Waals surface area contributed by atoms with Gasteiger partial charge in [-0.05, 0) is 25.0 Å². The summed E-state index contributed by atoms with van der Waals surface area (Å²) >= 11 is 0. The minimum Gasteiger partial charge on any atom is -0.481 e. The van der Waals surface area contributed by atoms with Crippen molar-refractivity contribution in [1.82, 2.24) is 9.71 Å². The maximum Gasteiger partial charge on any atom is 0.303 e. The molecule has 0 amide bonds. The van der Waals surface area contributed by atoms with E-state index in [4.69, 9.17) is 5.11 Å². The first-order valence-electron chi connectivity index (χ1n) is 5.52. The third-order valence-electron chi connectivity index (χ3n) is 2.34. The van der Waals surface area contributed by atoms with E-state index in [9.17, 15) is 13.2 Å². The number of nitrogens with one attached hydrogen (secondary N) is 1. The lowest BCUT2D eigenvalue weighted by molar-refractivity contribution is -0.137. The summed E-state index contributed by atoms with van der Waals surface area (Å²) in [4.78, 5) is 14.2. The van der Waals surface area contributed by atoms with Gasteiger partial charge in [0.05, 0.1) is 5.75 Å². The van der Waals surface area contributed by atoms with Crippen molar-refractivity contribution in [3.63, 3.8) is 0 Å². The van der Waals surface area contributed by atoms with Crippen LogP contribution in [0.3, 0.4) is 0 Å². The monoisotopic (exact) mass is 272 g/mol. The molecular weight excluding hydrogens is 256 g/mol. The fourth-order valence-electron chi connectivity index (χ4n) is 1.44. The zero-order chi connectivity index (χ0) is 13.6. The zero-order valence-electron chi connectivity index (χ0n) is 10.0. The third-order valence-corrected chi connectivity index (χ3v) is 3.88. The number of hydrogen-bond donors (Lipinski definition) is 2. The van der Waals surface area contributed by atoms with Gasteiger partial charge in [-0.25, -0.2) is 13.1 Å². The highest BCUT2D eigenvalue weighted by Gasteiger charge is 2.16. The molecule has 1 aromatic heterocycles. The first kappa shape index (κ1) is 14.6. The summed E-state index contributed by atoms with van der Waals surface area (Å²) in [7, 11) is -3.47. The van der Waals surface area contributed by atoms with Crippen LogP contribution >= 0.6 is 0 Å². The smallest absolute Gasteiger partial charge is 0.303 e. The lowest BCUT2D eigenvalue weighted by Gasteiger charge is -2.13. The fourth-order valence-corrected chi connectivity index (χ4v) is 2.76. The molecule has 0 aliphatic carbocycles. The highest BCUT2D eigenvalue weighted by molar-refractivity contribution is 7.89. The molecule has 100 valence electrons. The molecule has 0 aromatic carbocycles. The van der Waals surface area contributed by atoms with Crippen LogP contribution in [0.4, 0.5) is 0 Å². The Morgan fingerprint density at radius 3 is 2.83 bits per heavy atom. The second kappa shape index (κ2) is 6.46. The molecule has 0 bridgehead atoms. The first-order chi connectivity index (χ1) is 8.41. The van der Waals surface area contributed by atoms with Gasteiger partial charge in [-0.3, -0.25) is 9.78 Å². The number of nitrogens with zero attached hydrogens (tertiary/aromatic N) is 1. The Kier molecular flexibility index (Phi) is 5.24. The van der Waals surface area contributed by atoms with Crippen LogP contribution in [0.2, 0.25) is 0 Å². The summed E-state index contributed by atoms with van der Waals surface area (Å²) in [6.45, 7) is 1.71. The molecule has 0 fully saturated rings. The number of pyridine rings is 1. The summed E-state index contributed by atoms with van der Waals surface area (Å²) in [5.74, 6) is -1.19. The highest BCUT2D eigenvalue weighted by Crippen LogP contribution is 2.11. The molecule has 0 spiro atoms. The Labute approximate surface area is 106 Å². The van der Waals surface area contributed by atoms with E-state index in [1.807, 2.05) is 0 Å². The van der Waals surface area contributed by atoms with Crippen molar-refractivity contribution in [3.05, 3.63) is 30.1 Å². The summed E-state index contributed by atoms with van der Waals surface area (Å²) in [5.41, 5.74) is 0.763. The standard InChI is InChI=1S/C11H16N2O4S/c1-9(10-4-2-6-12-8-10)13-18(16,17)7-3-5-11(14)15/h2,4,6,8-9,13H,3,5,7H2,1H3,(H,14,15). The number of carboxylic acid groups (broad SMARTS) is 1. The van der Waals surface area contributed by atoms with Crippen LogP contribution in [0, 0.1) is 0 Å². The van der Waals surface area contributed by atoms with Crippen LogP contribution in [-0.2, 0) is 14.8 Å². The van der Waals surface area contributed by atoms with E-state index in [-0.39, 0.29) is 24.6 Å². The molecule has 1 atom stereocenters. The molecule has 7 heteroatoms. The largest absolute Gasteiger partial charge is 0.481 e. The molecule has 0 saturated carbocycles. The van der Waals surface area contributed by atoms with E-state index >= 15 is 0 Å². The SMILES string of the molecule is CC(NS(=O)(=O)CCCC(=O)O)c1cccnc1. The maximum atomic E-state index is 11.7. The van der Waals surface area contributed by atoms with Gasteiger partial charge in [0.25, 0.3) is 0 Å². The number of aromatic nitrogens is 1. The lowest BCUT2D eigenvalue weighted by atomic mass is 10.2. The van der Waals surface area contributed by atoms with Gasteiger partial charge < -0.3 is 5.11 Å². The Balaban J connectivity index is 2.53. The number of carboxylic acids is 1. The maximum absolute atomic E-state index is 11.7. The van der Waals surface area contributed by atoms with Crippen LogP contribution in [0.25, 0.3) is 0 Å². The minimum atomic E-state index is -3.47. The van der Waals surface area contributed by atoms with Crippen LogP contribution in [0.5, 0.6) is 0 Å². The van der Waals surface area contributed by atoms with Gasteiger partial charge in [0.2, 0.25) is 10.0 Å². The van der Waals surface area contributed by atoms with Gasteiger partial charge in [0.15, 0.2) is 0 Å². The Morgan fingerprint density at radius 2 is 2.28 bits per heavy atom. The summed E-state index contributed by atoms with van der Waals surface area (Å²) < 4.78 is 25.8. The summed E-state index contributed by atoms with van der Waals surface area (Å²) in [6.07, 6.45) is 3.15. The van der Waals surface area contributed by atoms with E-state index in [1.165, 1.54) is 0 Å². The molecule has 0 aliphatic rings. The molecule has 1 aromatic rings. The van der Waals surface area contributed by atoms with Gasteiger partial charge in [-0.2, -0.15) is 0 Å². The van der Waals surface area contributed by atoms with Crippen molar-refractivity contribution in [2.45, 2.75) is 25.8 Å². The number of aliphatic carboxylic acids is 1. The Bertz CT molecular complexity index is 487. The van der Waals surface area contributed by atoms with Crippen molar-refractivity contribution < 1.29 is 18.3 Å². The molecule has 1 heterocycles. The van der Waals surface area contributed by atoms with Gasteiger partial charge in [0.1, 0.15) is 0 Å². The molecule has 2 N–H and O–H groups in total. The number of carbonyl (C=O) groups is 1. The van der Waals surface area contributed by atoms with Gasteiger partial charge >= 0.3 is 5.97 Å². The molecule has 0 aliphatic heterocycles. The van der Waals surface area contributed by atoms with Gasteiger partial charge in [0, 0.05) is 24.9 Å². The molecule has 6 nitrogen and oxygen atoms in total. The Hall–Kier alpha value is -1.47. The number of rotatable bonds is 7. The van der Waals surface area contributed by atoms with Crippen molar-refractivity contribution in [3.8, 4) is 0 Å².